The number of aromatic hydroxyl groups is 2. The van der Waals surface area contributed by atoms with Gasteiger partial charge in [0.15, 0.2) is 11.5 Å². The number of hydrogen-bond donors (Lipinski definition) is 2. The van der Waals surface area contributed by atoms with Gasteiger partial charge in [0.1, 0.15) is 17.1 Å². The van der Waals surface area contributed by atoms with E-state index in [1.165, 1.54) is 6.92 Å². The van der Waals surface area contributed by atoms with Crippen LogP contribution in [0.5, 0.6) is 17.2 Å². The summed E-state index contributed by atoms with van der Waals surface area (Å²) in [5.74, 6) is -3.62. The third kappa shape index (κ3) is 2.11. The van der Waals surface area contributed by atoms with E-state index < -0.39 is 29.6 Å². The van der Waals surface area contributed by atoms with Gasteiger partial charge in [0.2, 0.25) is 6.17 Å². The molecule has 0 radical (unpaired) electrons. The number of carbonyl (C=O) groups is 2. The molecule has 1 aliphatic rings. The van der Waals surface area contributed by atoms with Crippen LogP contribution in [-0.4, -0.2) is 28.1 Å². The van der Waals surface area contributed by atoms with Gasteiger partial charge in [-0.05, 0) is 13.3 Å². The second-order valence-corrected chi connectivity index (χ2v) is 4.81. The highest BCUT2D eigenvalue weighted by Gasteiger charge is 2.41. The second kappa shape index (κ2) is 5.11. The maximum absolute atomic E-state index is 14.0. The predicted octanol–water partition coefficient (Wildman–Crippen LogP) is 2.44. The third-order valence-electron chi connectivity index (χ3n) is 3.38. The van der Waals surface area contributed by atoms with Crippen LogP contribution in [0.1, 0.15) is 48.5 Å². The molecule has 2 rings (SSSR count). The van der Waals surface area contributed by atoms with E-state index in [0.717, 1.165) is 6.07 Å². The largest absolute Gasteiger partial charge is 0.507 e. The molecule has 0 amide bonds. The molecule has 2 atom stereocenters. The van der Waals surface area contributed by atoms with Gasteiger partial charge in [-0.3, -0.25) is 4.79 Å². The Balaban J connectivity index is 2.72. The van der Waals surface area contributed by atoms with Crippen molar-refractivity contribution < 1.29 is 28.9 Å². The van der Waals surface area contributed by atoms with E-state index in [1.54, 1.807) is 0 Å². The van der Waals surface area contributed by atoms with Crippen LogP contribution in [0, 0.1) is 0 Å². The lowest BCUT2D eigenvalue weighted by molar-refractivity contribution is -0.142. The second-order valence-electron chi connectivity index (χ2n) is 4.81. The molecule has 20 heavy (non-hydrogen) atoms. The van der Waals surface area contributed by atoms with Gasteiger partial charge < -0.3 is 14.9 Å². The highest BCUT2D eigenvalue weighted by Crippen LogP contribution is 2.48. The number of benzene rings is 1. The van der Waals surface area contributed by atoms with Crippen molar-refractivity contribution in [2.75, 3.05) is 0 Å². The van der Waals surface area contributed by atoms with Gasteiger partial charge in [-0.25, -0.2) is 9.18 Å². The number of hydrogen-bond acceptors (Lipinski definition) is 5. The number of alkyl halides is 1. The van der Waals surface area contributed by atoms with Crippen molar-refractivity contribution in [1.29, 1.82) is 0 Å². The van der Waals surface area contributed by atoms with Crippen molar-refractivity contribution >= 4 is 11.8 Å². The number of Topliss-reactive ketones (excluding diaryl/α,β-unsaturated/α-hetero) is 1. The lowest BCUT2D eigenvalue weighted by atomic mass is 9.85. The van der Waals surface area contributed by atoms with Crippen LogP contribution in [0.4, 0.5) is 4.39 Å². The average molecular weight is 282 g/mol. The Morgan fingerprint density at radius 2 is 2.05 bits per heavy atom. The van der Waals surface area contributed by atoms with Crippen molar-refractivity contribution in [3.8, 4) is 17.2 Å². The lowest BCUT2D eigenvalue weighted by Crippen LogP contribution is -2.34. The molecule has 2 unspecified atom stereocenters. The van der Waals surface area contributed by atoms with Gasteiger partial charge in [0, 0.05) is 17.5 Å². The topological polar surface area (TPSA) is 83.8 Å². The molecule has 1 aromatic carbocycles. The number of ether oxygens (including phenoxy) is 1. The summed E-state index contributed by atoms with van der Waals surface area (Å²) in [5, 5.41) is 19.6. The zero-order valence-electron chi connectivity index (χ0n) is 11.1. The van der Waals surface area contributed by atoms with Crippen LogP contribution < -0.4 is 4.74 Å². The summed E-state index contributed by atoms with van der Waals surface area (Å²) in [6, 6.07) is 0.976. The Morgan fingerprint density at radius 3 is 2.60 bits per heavy atom. The van der Waals surface area contributed by atoms with Crippen molar-refractivity contribution in [2.24, 2.45) is 0 Å². The number of halogens is 1. The van der Waals surface area contributed by atoms with E-state index in [0.29, 0.717) is 12.8 Å². The molecule has 1 aliphatic heterocycles. The smallest absolute Gasteiger partial charge is 0.346 e. The van der Waals surface area contributed by atoms with Crippen LogP contribution in [0.15, 0.2) is 6.07 Å². The summed E-state index contributed by atoms with van der Waals surface area (Å²) in [6.45, 7) is 3.01. The summed E-state index contributed by atoms with van der Waals surface area (Å²) in [6.07, 6.45) is -0.982. The third-order valence-corrected chi connectivity index (χ3v) is 3.38. The Hall–Kier alpha value is -2.11. The van der Waals surface area contributed by atoms with Crippen LogP contribution in [-0.2, 0) is 4.79 Å². The summed E-state index contributed by atoms with van der Waals surface area (Å²) in [7, 11) is 0. The fourth-order valence-electron chi connectivity index (χ4n) is 2.52. The maximum atomic E-state index is 14.0. The first-order chi connectivity index (χ1) is 9.38. The summed E-state index contributed by atoms with van der Waals surface area (Å²) in [4.78, 5) is 23.1. The molecule has 0 fully saturated rings. The molecule has 0 aliphatic carbocycles. The predicted molar refractivity (Wildman–Crippen MR) is 68.0 cm³/mol. The molecule has 5 nitrogen and oxygen atoms in total. The molecule has 0 spiro atoms. The van der Waals surface area contributed by atoms with E-state index in [2.05, 4.69) is 0 Å². The Morgan fingerprint density at radius 1 is 1.40 bits per heavy atom. The fourth-order valence-corrected chi connectivity index (χ4v) is 2.52. The molecule has 108 valence electrons. The standard InChI is InChI=1S/C14H15FO5/c1-3-4-7-11-9(18)5-8(17)10(6(2)16)13(11)20-14(19)12(7)15/h5,7,12,17-18H,3-4H2,1-2H3. The Kier molecular flexibility index (Phi) is 3.65. The van der Waals surface area contributed by atoms with Gasteiger partial charge in [-0.2, -0.15) is 0 Å². The van der Waals surface area contributed by atoms with Crippen LogP contribution in [0.25, 0.3) is 0 Å². The first kappa shape index (κ1) is 14.3. The highest BCUT2D eigenvalue weighted by molar-refractivity contribution is 6.02. The molecule has 1 aromatic rings. The normalized spacial score (nSPS) is 21.2. The molecular weight excluding hydrogens is 267 g/mol. The first-order valence-electron chi connectivity index (χ1n) is 6.34. The molecule has 0 saturated heterocycles. The van der Waals surface area contributed by atoms with Gasteiger partial charge >= 0.3 is 5.97 Å². The molecule has 0 bridgehead atoms. The number of fused-ring (bicyclic) bond motifs is 1. The number of phenolic OH excluding ortho intramolecular Hbond substituents is 2. The maximum Gasteiger partial charge on any atom is 0.346 e. The van der Waals surface area contributed by atoms with Crippen molar-refractivity contribution in [1.82, 2.24) is 0 Å². The van der Waals surface area contributed by atoms with Crippen molar-refractivity contribution in [2.45, 2.75) is 38.8 Å². The zero-order valence-corrected chi connectivity index (χ0v) is 11.1. The summed E-state index contributed by atoms with van der Waals surface area (Å²) < 4.78 is 18.8. The number of ketones is 1. The van der Waals surface area contributed by atoms with Gasteiger partial charge in [0.25, 0.3) is 0 Å². The average Bonchev–Trinajstić information content (AvgIpc) is 2.34. The SMILES string of the molecule is CCCC1c2c(O)cc(O)c(C(C)=O)c2OC(=O)C1F. The molecule has 0 saturated carbocycles. The van der Waals surface area contributed by atoms with Crippen LogP contribution >= 0.6 is 0 Å². The minimum absolute atomic E-state index is 0.0713. The molecular formula is C14H15FO5. The van der Waals surface area contributed by atoms with E-state index >= 15 is 0 Å². The van der Waals surface area contributed by atoms with E-state index in [-0.39, 0.29) is 22.6 Å². The Labute approximate surface area is 115 Å². The molecule has 6 heteroatoms. The summed E-state index contributed by atoms with van der Waals surface area (Å²) >= 11 is 0. The van der Waals surface area contributed by atoms with Crippen LogP contribution in [0.2, 0.25) is 0 Å². The van der Waals surface area contributed by atoms with Crippen molar-refractivity contribution in [3.63, 3.8) is 0 Å². The lowest BCUT2D eigenvalue weighted by Gasteiger charge is -2.29. The minimum atomic E-state index is -1.89. The van der Waals surface area contributed by atoms with Gasteiger partial charge in [0.05, 0.1) is 0 Å². The summed E-state index contributed by atoms with van der Waals surface area (Å²) in [5.41, 5.74) is -0.138. The molecule has 1 heterocycles. The van der Waals surface area contributed by atoms with E-state index in [4.69, 9.17) is 4.74 Å². The quantitative estimate of drug-likeness (QED) is 0.505. The monoisotopic (exact) mass is 282 g/mol. The molecule has 2 N–H and O–H groups in total. The zero-order chi connectivity index (χ0) is 15.0. The van der Waals surface area contributed by atoms with E-state index in [9.17, 15) is 24.2 Å². The first-order valence-corrected chi connectivity index (χ1v) is 6.34. The van der Waals surface area contributed by atoms with E-state index in [1.807, 2.05) is 6.92 Å². The fraction of sp³-hybridized carbons (Fsp3) is 0.429. The van der Waals surface area contributed by atoms with Crippen molar-refractivity contribution in [3.05, 3.63) is 17.2 Å². The van der Waals surface area contributed by atoms with Gasteiger partial charge in [-0.1, -0.05) is 13.3 Å². The Bertz CT molecular complexity index is 581. The minimum Gasteiger partial charge on any atom is -0.507 e. The highest BCUT2D eigenvalue weighted by atomic mass is 19.1. The number of carbonyl (C=O) groups excluding carboxylic acids is 2. The number of esters is 1. The number of rotatable bonds is 3. The van der Waals surface area contributed by atoms with Gasteiger partial charge in [-0.15, -0.1) is 0 Å². The molecule has 0 aromatic heterocycles. The number of phenols is 2. The van der Waals surface area contributed by atoms with Crippen LogP contribution in [0.3, 0.4) is 0 Å².